The van der Waals surface area contributed by atoms with Gasteiger partial charge in [0.2, 0.25) is 0 Å². The Morgan fingerprint density at radius 2 is 1.67 bits per heavy atom. The van der Waals surface area contributed by atoms with E-state index in [2.05, 4.69) is 4.98 Å². The fraction of sp³-hybridized carbons (Fsp3) is 0.217. The van der Waals surface area contributed by atoms with Crippen LogP contribution in [0.25, 0.3) is 0 Å². The summed E-state index contributed by atoms with van der Waals surface area (Å²) in [6.45, 7) is 5.74. The molecule has 3 rings (SSSR count). The van der Waals surface area contributed by atoms with Crippen molar-refractivity contribution in [1.29, 1.82) is 0 Å². The molecule has 0 N–H and O–H groups in total. The average Bonchev–Trinajstić information content (AvgIpc) is 2.74. The highest BCUT2D eigenvalue weighted by atomic mass is 32.2. The third-order valence-electron chi connectivity index (χ3n) is 4.80. The molecule has 3 aromatic rings. The average molecular weight is 424 g/mol. The van der Waals surface area contributed by atoms with Gasteiger partial charge in [-0.05, 0) is 63.2 Å². The number of nitrogens with zero attached hydrogens (tertiary/aromatic N) is 3. The van der Waals surface area contributed by atoms with Crippen LogP contribution in [0.4, 0.5) is 11.4 Å². The minimum Gasteiger partial charge on any atom is -0.304 e. The molecule has 2 aromatic carbocycles. The van der Waals surface area contributed by atoms with Crippen molar-refractivity contribution in [2.45, 2.75) is 31.7 Å². The first-order valence-electron chi connectivity index (χ1n) is 9.61. The fourth-order valence-electron chi connectivity index (χ4n) is 3.13. The van der Waals surface area contributed by atoms with Gasteiger partial charge in [-0.15, -0.1) is 0 Å². The smallest absolute Gasteiger partial charge is 0.264 e. The van der Waals surface area contributed by atoms with Gasteiger partial charge in [0, 0.05) is 24.8 Å². The van der Waals surface area contributed by atoms with Crippen molar-refractivity contribution in [2.75, 3.05) is 16.3 Å². The topological polar surface area (TPSA) is 70.6 Å². The molecule has 0 saturated carbocycles. The van der Waals surface area contributed by atoms with Crippen LogP contribution in [0, 0.1) is 6.92 Å². The number of rotatable bonds is 6. The van der Waals surface area contributed by atoms with Crippen LogP contribution in [0.2, 0.25) is 0 Å². The van der Waals surface area contributed by atoms with E-state index < -0.39 is 10.0 Å². The summed E-state index contributed by atoms with van der Waals surface area (Å²) in [5.74, 6) is -0.284. The van der Waals surface area contributed by atoms with Crippen LogP contribution in [0.3, 0.4) is 0 Å². The first-order valence-corrected chi connectivity index (χ1v) is 11.0. The quantitative estimate of drug-likeness (QED) is 0.594. The fourth-order valence-corrected chi connectivity index (χ4v) is 4.37. The third-order valence-corrected chi connectivity index (χ3v) is 6.58. The van der Waals surface area contributed by atoms with Crippen molar-refractivity contribution in [3.8, 4) is 0 Å². The standard InChI is InChI=1S/C23H25N3O3S/c1-17(2)26(21-8-6-14-24-16-21)23(27)19-7-5-9-22(15-19)30(28,29)25(4)20-12-10-18(3)11-13-20/h5-17H,1-4H3. The summed E-state index contributed by atoms with van der Waals surface area (Å²) in [7, 11) is -2.32. The highest BCUT2D eigenvalue weighted by Crippen LogP contribution is 2.25. The van der Waals surface area contributed by atoms with E-state index in [0.717, 1.165) is 5.56 Å². The molecule has 7 heteroatoms. The predicted molar refractivity (Wildman–Crippen MR) is 119 cm³/mol. The molecule has 30 heavy (non-hydrogen) atoms. The molecule has 0 aliphatic rings. The van der Waals surface area contributed by atoms with E-state index in [0.29, 0.717) is 16.9 Å². The summed E-state index contributed by atoms with van der Waals surface area (Å²) in [5, 5.41) is 0. The number of hydrogen-bond donors (Lipinski definition) is 0. The molecule has 1 heterocycles. The normalized spacial score (nSPS) is 11.4. The number of aryl methyl sites for hydroxylation is 1. The molecule has 0 bridgehead atoms. The zero-order valence-corrected chi connectivity index (χ0v) is 18.3. The van der Waals surface area contributed by atoms with Crippen molar-refractivity contribution in [2.24, 2.45) is 0 Å². The Hall–Kier alpha value is -3.19. The second kappa shape index (κ2) is 8.67. The predicted octanol–water partition coefficient (Wildman–Crippen LogP) is 4.27. The highest BCUT2D eigenvalue weighted by Gasteiger charge is 2.25. The van der Waals surface area contributed by atoms with Gasteiger partial charge in [-0.3, -0.25) is 14.1 Å². The number of amides is 1. The van der Waals surface area contributed by atoms with E-state index in [-0.39, 0.29) is 16.8 Å². The van der Waals surface area contributed by atoms with E-state index in [1.807, 2.05) is 32.9 Å². The summed E-state index contributed by atoms with van der Waals surface area (Å²) in [6, 6.07) is 16.8. The molecule has 0 saturated heterocycles. The maximum Gasteiger partial charge on any atom is 0.264 e. The van der Waals surface area contributed by atoms with Crippen LogP contribution in [-0.4, -0.2) is 32.4 Å². The maximum atomic E-state index is 13.2. The molecule has 0 spiro atoms. The molecular weight excluding hydrogens is 398 g/mol. The van der Waals surface area contributed by atoms with Crippen molar-refractivity contribution in [1.82, 2.24) is 4.98 Å². The summed E-state index contributed by atoms with van der Waals surface area (Å²) >= 11 is 0. The molecule has 0 fully saturated rings. The molecule has 0 aliphatic carbocycles. The first-order chi connectivity index (χ1) is 14.2. The number of anilines is 2. The molecule has 156 valence electrons. The van der Waals surface area contributed by atoms with Crippen molar-refractivity contribution >= 4 is 27.3 Å². The molecule has 0 aliphatic heterocycles. The number of carbonyl (C=O) groups is 1. The van der Waals surface area contributed by atoms with Crippen LogP contribution in [-0.2, 0) is 10.0 Å². The summed E-state index contributed by atoms with van der Waals surface area (Å²) in [4.78, 5) is 19.0. The van der Waals surface area contributed by atoms with Crippen LogP contribution >= 0.6 is 0 Å². The minimum atomic E-state index is -3.82. The molecule has 0 unspecified atom stereocenters. The largest absolute Gasteiger partial charge is 0.304 e. The molecule has 1 amide bonds. The van der Waals surface area contributed by atoms with Crippen LogP contribution in [0.1, 0.15) is 29.8 Å². The van der Waals surface area contributed by atoms with E-state index in [1.54, 1.807) is 53.7 Å². The second-order valence-corrected chi connectivity index (χ2v) is 9.29. The molecule has 0 atom stereocenters. The zero-order chi connectivity index (χ0) is 21.9. The summed E-state index contributed by atoms with van der Waals surface area (Å²) < 4.78 is 27.5. The lowest BCUT2D eigenvalue weighted by Crippen LogP contribution is -2.37. The van der Waals surface area contributed by atoms with Crippen LogP contribution < -0.4 is 9.21 Å². The summed E-state index contributed by atoms with van der Waals surface area (Å²) in [6.07, 6.45) is 3.25. The van der Waals surface area contributed by atoms with Gasteiger partial charge in [0.1, 0.15) is 0 Å². The van der Waals surface area contributed by atoms with E-state index in [4.69, 9.17) is 0 Å². The Morgan fingerprint density at radius 1 is 0.967 bits per heavy atom. The number of hydrogen-bond acceptors (Lipinski definition) is 4. The van der Waals surface area contributed by atoms with Crippen molar-refractivity contribution < 1.29 is 13.2 Å². The van der Waals surface area contributed by atoms with Crippen molar-refractivity contribution in [3.05, 3.63) is 84.2 Å². The number of pyridine rings is 1. The van der Waals surface area contributed by atoms with E-state index in [1.165, 1.54) is 23.5 Å². The Bertz CT molecular complexity index is 1130. The maximum absolute atomic E-state index is 13.2. The number of benzene rings is 2. The number of sulfonamides is 1. The summed E-state index contributed by atoms with van der Waals surface area (Å²) in [5.41, 5.74) is 2.55. The van der Waals surface area contributed by atoms with Crippen molar-refractivity contribution in [3.63, 3.8) is 0 Å². The molecule has 0 radical (unpaired) electrons. The van der Waals surface area contributed by atoms with Gasteiger partial charge >= 0.3 is 0 Å². The zero-order valence-electron chi connectivity index (χ0n) is 17.5. The SMILES string of the molecule is Cc1ccc(N(C)S(=O)(=O)c2cccc(C(=O)N(c3cccnc3)C(C)C)c2)cc1. The molecule has 1 aromatic heterocycles. The first kappa shape index (κ1) is 21.5. The van der Waals surface area contributed by atoms with Gasteiger partial charge in [-0.25, -0.2) is 8.42 Å². The third kappa shape index (κ3) is 4.36. The van der Waals surface area contributed by atoms with Gasteiger partial charge in [0.25, 0.3) is 15.9 Å². The molecular formula is C23H25N3O3S. The Balaban J connectivity index is 1.96. The number of carbonyl (C=O) groups excluding carboxylic acids is 1. The van der Waals surface area contributed by atoms with Crippen LogP contribution in [0.15, 0.2) is 78.0 Å². The Morgan fingerprint density at radius 3 is 2.27 bits per heavy atom. The Kier molecular flexibility index (Phi) is 6.22. The lowest BCUT2D eigenvalue weighted by molar-refractivity contribution is 0.0980. The van der Waals surface area contributed by atoms with Gasteiger partial charge < -0.3 is 4.90 Å². The second-order valence-electron chi connectivity index (χ2n) is 7.32. The van der Waals surface area contributed by atoms with Gasteiger partial charge in [0.05, 0.1) is 22.5 Å². The molecule has 6 nitrogen and oxygen atoms in total. The van der Waals surface area contributed by atoms with Gasteiger partial charge in [0.15, 0.2) is 0 Å². The van der Waals surface area contributed by atoms with Gasteiger partial charge in [-0.1, -0.05) is 23.8 Å². The van der Waals surface area contributed by atoms with Gasteiger partial charge in [-0.2, -0.15) is 0 Å². The Labute approximate surface area is 177 Å². The van der Waals surface area contributed by atoms with E-state index in [9.17, 15) is 13.2 Å². The monoisotopic (exact) mass is 423 g/mol. The lowest BCUT2D eigenvalue weighted by atomic mass is 10.1. The minimum absolute atomic E-state index is 0.0614. The van der Waals surface area contributed by atoms with Crippen LogP contribution in [0.5, 0.6) is 0 Å². The number of aromatic nitrogens is 1. The highest BCUT2D eigenvalue weighted by molar-refractivity contribution is 7.92. The van der Waals surface area contributed by atoms with E-state index >= 15 is 0 Å². The lowest BCUT2D eigenvalue weighted by Gasteiger charge is -2.27.